The average molecular weight is 393 g/mol. The number of para-hydroxylation sites is 1. The van der Waals surface area contributed by atoms with Crippen LogP contribution in [0.3, 0.4) is 0 Å². The van der Waals surface area contributed by atoms with E-state index >= 15 is 0 Å². The second-order valence-electron chi connectivity index (χ2n) is 4.32. The zero-order valence-electron chi connectivity index (χ0n) is 11.7. The van der Waals surface area contributed by atoms with Crippen molar-refractivity contribution in [1.29, 1.82) is 0 Å². The third-order valence-corrected chi connectivity index (χ3v) is 3.66. The van der Waals surface area contributed by atoms with Crippen LogP contribution in [0.15, 0.2) is 42.5 Å². The van der Waals surface area contributed by atoms with Crippen molar-refractivity contribution < 1.29 is 9.47 Å². The van der Waals surface area contributed by atoms with Crippen LogP contribution >= 0.6 is 22.6 Å². The number of terminal acetylenes is 1. The molecule has 0 unspecified atom stereocenters. The molecule has 0 saturated heterocycles. The first-order valence-electron chi connectivity index (χ1n) is 6.46. The number of nitrogens with one attached hydrogen (secondary N) is 1. The lowest BCUT2D eigenvalue weighted by atomic mass is 10.2. The van der Waals surface area contributed by atoms with E-state index in [-0.39, 0.29) is 6.61 Å². The fourth-order valence-corrected chi connectivity index (χ4v) is 2.71. The lowest BCUT2D eigenvalue weighted by molar-refractivity contribution is 0.328. The van der Waals surface area contributed by atoms with E-state index in [1.54, 1.807) is 7.11 Å². The number of methoxy groups -OCH3 is 1. The molecule has 2 aromatic carbocycles. The molecular weight excluding hydrogens is 377 g/mol. The lowest BCUT2D eigenvalue weighted by Crippen LogP contribution is -2.03. The minimum absolute atomic E-state index is 0.230. The van der Waals surface area contributed by atoms with Gasteiger partial charge in [-0.2, -0.15) is 0 Å². The zero-order valence-corrected chi connectivity index (χ0v) is 13.9. The molecule has 0 amide bonds. The fourth-order valence-electron chi connectivity index (χ4n) is 1.89. The van der Waals surface area contributed by atoms with Crippen molar-refractivity contribution in [3.05, 3.63) is 51.6 Å². The summed E-state index contributed by atoms with van der Waals surface area (Å²) in [6.07, 6.45) is 5.23. The van der Waals surface area contributed by atoms with Gasteiger partial charge in [0.25, 0.3) is 0 Å². The molecule has 2 aromatic rings. The molecule has 0 atom stereocenters. The van der Waals surface area contributed by atoms with Crippen LogP contribution in [0.25, 0.3) is 0 Å². The van der Waals surface area contributed by atoms with Gasteiger partial charge in [-0.05, 0) is 52.4 Å². The summed E-state index contributed by atoms with van der Waals surface area (Å²) in [6, 6.07) is 14.1. The number of benzene rings is 2. The maximum absolute atomic E-state index is 5.54. The predicted molar refractivity (Wildman–Crippen MR) is 93.8 cm³/mol. The number of hydrogen-bond donors (Lipinski definition) is 1. The van der Waals surface area contributed by atoms with Gasteiger partial charge >= 0.3 is 0 Å². The molecule has 21 heavy (non-hydrogen) atoms. The maximum atomic E-state index is 5.54. The molecule has 0 aliphatic carbocycles. The number of ether oxygens (including phenoxy) is 2. The molecule has 0 fully saturated rings. The summed E-state index contributed by atoms with van der Waals surface area (Å²) in [7, 11) is 1.63. The Labute approximate surface area is 138 Å². The molecule has 0 aliphatic heterocycles. The SMILES string of the molecule is C#CCOc1c(I)cc(CNc2ccccc2)cc1OC. The molecule has 1 N–H and O–H groups in total. The van der Waals surface area contributed by atoms with Crippen molar-refractivity contribution in [2.75, 3.05) is 19.0 Å². The van der Waals surface area contributed by atoms with Gasteiger partial charge in [-0.3, -0.25) is 0 Å². The van der Waals surface area contributed by atoms with Gasteiger partial charge in [-0.15, -0.1) is 6.42 Å². The topological polar surface area (TPSA) is 30.5 Å². The van der Waals surface area contributed by atoms with Crippen molar-refractivity contribution in [1.82, 2.24) is 0 Å². The highest BCUT2D eigenvalue weighted by Crippen LogP contribution is 2.34. The Morgan fingerprint density at radius 1 is 1.24 bits per heavy atom. The van der Waals surface area contributed by atoms with E-state index in [0.717, 1.165) is 14.8 Å². The van der Waals surface area contributed by atoms with Crippen LogP contribution in [-0.4, -0.2) is 13.7 Å². The molecule has 0 radical (unpaired) electrons. The normalized spacial score (nSPS) is 9.76. The summed E-state index contributed by atoms with van der Waals surface area (Å²) in [5.74, 6) is 3.85. The van der Waals surface area contributed by atoms with Gasteiger partial charge in [0.05, 0.1) is 10.7 Å². The highest BCUT2D eigenvalue weighted by Gasteiger charge is 2.11. The van der Waals surface area contributed by atoms with Crippen LogP contribution in [0.4, 0.5) is 5.69 Å². The second kappa shape index (κ2) is 7.79. The minimum atomic E-state index is 0.230. The van der Waals surface area contributed by atoms with E-state index in [2.05, 4.69) is 39.9 Å². The molecule has 2 rings (SSSR count). The first-order valence-corrected chi connectivity index (χ1v) is 7.54. The van der Waals surface area contributed by atoms with E-state index in [9.17, 15) is 0 Å². The van der Waals surface area contributed by atoms with Crippen LogP contribution in [0.1, 0.15) is 5.56 Å². The van der Waals surface area contributed by atoms with Gasteiger partial charge in [0.1, 0.15) is 6.61 Å². The summed E-state index contributed by atoms with van der Waals surface area (Å²) in [5, 5.41) is 3.37. The highest BCUT2D eigenvalue weighted by atomic mass is 127. The van der Waals surface area contributed by atoms with E-state index in [0.29, 0.717) is 18.0 Å². The summed E-state index contributed by atoms with van der Waals surface area (Å²) in [4.78, 5) is 0. The van der Waals surface area contributed by atoms with Crippen LogP contribution in [-0.2, 0) is 6.54 Å². The monoisotopic (exact) mass is 393 g/mol. The number of hydrogen-bond acceptors (Lipinski definition) is 3. The Hall–Kier alpha value is -1.87. The van der Waals surface area contributed by atoms with Gasteiger partial charge < -0.3 is 14.8 Å². The summed E-state index contributed by atoms with van der Waals surface area (Å²) < 4.78 is 11.9. The van der Waals surface area contributed by atoms with E-state index in [1.807, 2.05) is 36.4 Å². The van der Waals surface area contributed by atoms with Crippen molar-refractivity contribution >= 4 is 28.3 Å². The zero-order chi connectivity index (χ0) is 15.1. The third kappa shape index (κ3) is 4.30. The van der Waals surface area contributed by atoms with E-state index in [1.165, 1.54) is 0 Å². The number of rotatable bonds is 6. The van der Waals surface area contributed by atoms with Gasteiger partial charge in [0.15, 0.2) is 11.5 Å². The Balaban J connectivity index is 2.14. The molecule has 3 nitrogen and oxygen atoms in total. The van der Waals surface area contributed by atoms with E-state index in [4.69, 9.17) is 15.9 Å². The highest BCUT2D eigenvalue weighted by molar-refractivity contribution is 14.1. The van der Waals surface area contributed by atoms with Crippen molar-refractivity contribution in [3.8, 4) is 23.8 Å². The molecular formula is C17H16INO2. The largest absolute Gasteiger partial charge is 0.493 e. The summed E-state index contributed by atoms with van der Waals surface area (Å²) >= 11 is 2.23. The van der Waals surface area contributed by atoms with Gasteiger partial charge in [0, 0.05) is 12.2 Å². The molecule has 108 valence electrons. The van der Waals surface area contributed by atoms with Crippen LogP contribution in [0, 0.1) is 15.9 Å². The first-order chi connectivity index (χ1) is 10.2. The molecule has 0 spiro atoms. The molecule has 0 aromatic heterocycles. The minimum Gasteiger partial charge on any atom is -0.493 e. The molecule has 0 heterocycles. The van der Waals surface area contributed by atoms with Gasteiger partial charge in [0.2, 0.25) is 0 Å². The Morgan fingerprint density at radius 3 is 2.67 bits per heavy atom. The van der Waals surface area contributed by atoms with Crippen molar-refractivity contribution in [2.45, 2.75) is 6.54 Å². The standard InChI is InChI=1S/C17H16INO2/c1-3-9-21-17-15(18)10-13(11-16(17)20-2)12-19-14-7-5-4-6-8-14/h1,4-8,10-11,19H,9,12H2,2H3. The van der Waals surface area contributed by atoms with Crippen LogP contribution < -0.4 is 14.8 Å². The Bertz CT molecular complexity index is 635. The molecule has 0 saturated carbocycles. The van der Waals surface area contributed by atoms with Gasteiger partial charge in [-0.25, -0.2) is 0 Å². The second-order valence-corrected chi connectivity index (χ2v) is 5.48. The number of anilines is 1. The molecule has 0 bridgehead atoms. The predicted octanol–water partition coefficient (Wildman–Crippen LogP) is 3.92. The van der Waals surface area contributed by atoms with Crippen LogP contribution in [0.2, 0.25) is 0 Å². The Kier molecular flexibility index (Phi) is 5.76. The summed E-state index contributed by atoms with van der Waals surface area (Å²) in [5.41, 5.74) is 2.20. The van der Waals surface area contributed by atoms with Crippen LogP contribution in [0.5, 0.6) is 11.5 Å². The quantitative estimate of drug-likeness (QED) is 0.596. The third-order valence-electron chi connectivity index (χ3n) is 2.86. The molecule has 4 heteroatoms. The Morgan fingerprint density at radius 2 is 2.00 bits per heavy atom. The maximum Gasteiger partial charge on any atom is 0.175 e. The smallest absolute Gasteiger partial charge is 0.175 e. The van der Waals surface area contributed by atoms with Crippen molar-refractivity contribution in [3.63, 3.8) is 0 Å². The van der Waals surface area contributed by atoms with Gasteiger partial charge in [-0.1, -0.05) is 24.1 Å². The molecule has 0 aliphatic rings. The lowest BCUT2D eigenvalue weighted by Gasteiger charge is -2.14. The van der Waals surface area contributed by atoms with E-state index < -0.39 is 0 Å². The first kappa shape index (κ1) is 15.5. The fraction of sp³-hybridized carbons (Fsp3) is 0.176. The summed E-state index contributed by atoms with van der Waals surface area (Å²) in [6.45, 7) is 0.944. The number of halogens is 1. The average Bonchev–Trinajstić information content (AvgIpc) is 2.52. The van der Waals surface area contributed by atoms with Crippen molar-refractivity contribution in [2.24, 2.45) is 0 Å².